The van der Waals surface area contributed by atoms with Crippen molar-refractivity contribution < 1.29 is 20.8 Å². The normalized spacial score (nSPS) is 10.7. The van der Waals surface area contributed by atoms with Crippen LogP contribution in [0, 0.1) is 6.92 Å². The van der Waals surface area contributed by atoms with Gasteiger partial charge in [0.1, 0.15) is 0 Å². The van der Waals surface area contributed by atoms with Crippen molar-refractivity contribution in [3.63, 3.8) is 0 Å². The summed E-state index contributed by atoms with van der Waals surface area (Å²) < 4.78 is 0. The van der Waals surface area contributed by atoms with Gasteiger partial charge in [0, 0.05) is 0 Å². The molecule has 0 radical (unpaired) electrons. The van der Waals surface area contributed by atoms with Gasteiger partial charge >= 0.3 is 37.9 Å². The summed E-state index contributed by atoms with van der Waals surface area (Å²) in [5, 5.41) is 5.42. The summed E-state index contributed by atoms with van der Waals surface area (Å²) in [6, 6.07) is 24.7. The molecule has 4 aromatic rings. The van der Waals surface area contributed by atoms with Crippen LogP contribution in [0.2, 0.25) is 0 Å². The molecule has 0 aromatic heterocycles. The average Bonchev–Trinajstić information content (AvgIpc) is 3.10. The summed E-state index contributed by atoms with van der Waals surface area (Å²) in [6.07, 6.45) is 3.69. The van der Waals surface area contributed by atoms with Gasteiger partial charge in [-0.25, -0.2) is 0 Å². The third-order valence-corrected chi connectivity index (χ3v) is 5.04. The number of halogens is 2. The molecule has 0 amide bonds. The second-order valence-electron chi connectivity index (χ2n) is 6.83. The van der Waals surface area contributed by atoms with Crippen LogP contribution in [0.3, 0.4) is 0 Å². The molecule has 0 atom stereocenters. The zero-order chi connectivity index (χ0) is 19.2. The van der Waals surface area contributed by atoms with Crippen LogP contribution in [0.15, 0.2) is 66.7 Å². The second-order valence-corrected chi connectivity index (χ2v) is 10.6. The van der Waals surface area contributed by atoms with E-state index >= 15 is 0 Å². The Hall–Kier alpha value is -1.01. The fourth-order valence-electron chi connectivity index (χ4n) is 3.78. The van der Waals surface area contributed by atoms with Crippen LogP contribution >= 0.6 is 17.0 Å². The van der Waals surface area contributed by atoms with Crippen molar-refractivity contribution in [2.45, 2.75) is 33.1 Å². The molecule has 4 rings (SSSR count). The summed E-state index contributed by atoms with van der Waals surface area (Å²) >= 11 is -0.826. The van der Waals surface area contributed by atoms with Gasteiger partial charge in [0.15, 0.2) is 0 Å². The molecule has 0 unspecified atom stereocenters. The topological polar surface area (TPSA) is 0 Å². The number of hydrogen-bond acceptors (Lipinski definition) is 0. The summed E-state index contributed by atoms with van der Waals surface area (Å²) in [7, 11) is 9.87. The van der Waals surface area contributed by atoms with E-state index in [0.29, 0.717) is 0 Å². The Labute approximate surface area is 180 Å². The van der Waals surface area contributed by atoms with Gasteiger partial charge in [0.05, 0.1) is 0 Å². The molecule has 27 heavy (non-hydrogen) atoms. The molecule has 0 heterocycles. The van der Waals surface area contributed by atoms with Crippen LogP contribution < -0.4 is 0 Å². The molecule has 0 saturated heterocycles. The predicted molar refractivity (Wildman–Crippen MR) is 118 cm³/mol. The summed E-state index contributed by atoms with van der Waals surface area (Å²) in [4.78, 5) is 0. The fourth-order valence-corrected chi connectivity index (χ4v) is 3.78. The predicted octanol–water partition coefficient (Wildman–Crippen LogP) is 8.41. The molecule has 0 N–H and O–H groups in total. The van der Waals surface area contributed by atoms with Gasteiger partial charge in [-0.15, -0.1) is 34.5 Å². The number of fused-ring (bicyclic) bond motifs is 2. The van der Waals surface area contributed by atoms with Crippen LogP contribution in [-0.4, -0.2) is 0 Å². The van der Waals surface area contributed by atoms with Crippen LogP contribution in [-0.2, 0) is 27.3 Å². The van der Waals surface area contributed by atoms with E-state index in [1.165, 1.54) is 63.1 Å². The van der Waals surface area contributed by atoms with Gasteiger partial charge in [-0.2, -0.15) is 6.07 Å². The van der Waals surface area contributed by atoms with E-state index in [9.17, 15) is 0 Å². The first-order chi connectivity index (χ1) is 13.2. The first kappa shape index (κ1) is 20.7. The van der Waals surface area contributed by atoms with Crippen LogP contribution in [0.5, 0.6) is 0 Å². The van der Waals surface area contributed by atoms with E-state index < -0.39 is 20.8 Å². The molecule has 0 saturated carbocycles. The molecule has 0 aliphatic rings. The van der Waals surface area contributed by atoms with Crippen molar-refractivity contribution in [1.82, 2.24) is 0 Å². The average molecular weight is 474 g/mol. The van der Waals surface area contributed by atoms with E-state index in [1.54, 1.807) is 0 Å². The van der Waals surface area contributed by atoms with Crippen molar-refractivity contribution in [2.24, 2.45) is 0 Å². The Morgan fingerprint density at radius 3 is 2.48 bits per heavy atom. The minimum absolute atomic E-state index is 0.826. The molecule has 138 valence electrons. The SMILES string of the molecule is CCCCc1cc2c(-c3c(C)ccc4ccccc34)cccc2[cH-]1.[Cl][Zr][Cl]. The summed E-state index contributed by atoms with van der Waals surface area (Å²) in [5.74, 6) is 0. The zero-order valence-electron chi connectivity index (χ0n) is 15.7. The molecular formula is C24H23Cl2Zr-. The van der Waals surface area contributed by atoms with Gasteiger partial charge in [0.25, 0.3) is 0 Å². The molecule has 4 aromatic carbocycles. The minimum atomic E-state index is -0.826. The summed E-state index contributed by atoms with van der Waals surface area (Å²) in [5.41, 5.74) is 5.56. The maximum absolute atomic E-state index is 4.93. The Morgan fingerprint density at radius 2 is 1.70 bits per heavy atom. The fraction of sp³-hybridized carbons (Fsp3) is 0.208. The molecule has 0 bridgehead atoms. The number of aryl methyl sites for hydroxylation is 2. The van der Waals surface area contributed by atoms with Gasteiger partial charge in [-0.1, -0.05) is 67.8 Å². The number of benzene rings is 3. The van der Waals surface area contributed by atoms with Gasteiger partial charge in [0.2, 0.25) is 0 Å². The first-order valence-electron chi connectivity index (χ1n) is 9.33. The number of unbranched alkanes of at least 4 members (excludes halogenated alkanes) is 1. The molecule has 0 aliphatic carbocycles. The van der Waals surface area contributed by atoms with Crippen molar-refractivity contribution in [1.29, 1.82) is 0 Å². The van der Waals surface area contributed by atoms with Crippen molar-refractivity contribution in [3.05, 3.63) is 77.9 Å². The Morgan fingerprint density at radius 1 is 0.926 bits per heavy atom. The third kappa shape index (κ3) is 4.71. The Kier molecular flexibility index (Phi) is 7.65. The molecule has 0 aliphatic heterocycles. The van der Waals surface area contributed by atoms with Crippen LogP contribution in [0.25, 0.3) is 32.7 Å². The van der Waals surface area contributed by atoms with Gasteiger partial charge < -0.3 is 0 Å². The zero-order valence-corrected chi connectivity index (χ0v) is 19.7. The van der Waals surface area contributed by atoms with Crippen LogP contribution in [0.1, 0.15) is 30.9 Å². The monoisotopic (exact) mass is 471 g/mol. The van der Waals surface area contributed by atoms with Crippen molar-refractivity contribution >= 4 is 38.6 Å². The second kappa shape index (κ2) is 9.97. The van der Waals surface area contributed by atoms with E-state index in [1.807, 2.05) is 0 Å². The number of rotatable bonds is 4. The Balaban J connectivity index is 0.000000659. The molecule has 0 spiro atoms. The maximum atomic E-state index is 4.93. The molecule has 0 fully saturated rings. The first-order valence-corrected chi connectivity index (χ1v) is 15.7. The molecular weight excluding hydrogens is 450 g/mol. The Bertz CT molecular complexity index is 1030. The summed E-state index contributed by atoms with van der Waals surface area (Å²) in [6.45, 7) is 4.48. The van der Waals surface area contributed by atoms with E-state index in [2.05, 4.69) is 80.6 Å². The van der Waals surface area contributed by atoms with E-state index in [-0.39, 0.29) is 0 Å². The van der Waals surface area contributed by atoms with E-state index in [4.69, 9.17) is 17.0 Å². The molecule has 3 heteroatoms. The van der Waals surface area contributed by atoms with Crippen molar-refractivity contribution in [3.8, 4) is 11.1 Å². The van der Waals surface area contributed by atoms with E-state index in [0.717, 1.165) is 0 Å². The standard InChI is InChI=1S/C24H23.2ClH.Zr/c1-3-4-8-18-15-20-10-7-12-22(23(20)16-18)24-17(2)13-14-19-9-5-6-11-21(19)24;;;/h5-7,9-16H,3-4,8H2,1-2H3;2*1H;/q-1;;;+2/p-2. The van der Waals surface area contributed by atoms with Gasteiger partial charge in [-0.05, 0) is 35.2 Å². The van der Waals surface area contributed by atoms with Crippen LogP contribution in [0.4, 0.5) is 0 Å². The van der Waals surface area contributed by atoms with Crippen molar-refractivity contribution in [2.75, 3.05) is 0 Å². The molecule has 0 nitrogen and oxygen atoms in total. The quantitative estimate of drug-likeness (QED) is 0.261. The number of hydrogen-bond donors (Lipinski definition) is 0. The third-order valence-electron chi connectivity index (χ3n) is 5.04. The van der Waals surface area contributed by atoms with Gasteiger partial charge in [-0.3, -0.25) is 0 Å².